The number of rotatable bonds is 20. The molecule has 5 aliphatic rings. The highest BCUT2D eigenvalue weighted by atomic mass is 16.8. The zero-order valence-electron chi connectivity index (χ0n) is 42.5. The number of benzene rings is 2. The van der Waals surface area contributed by atoms with Crippen molar-refractivity contribution >= 4 is 24.4 Å². The zero-order chi connectivity index (χ0) is 54.5. The van der Waals surface area contributed by atoms with Gasteiger partial charge >= 0.3 is 24.4 Å². The van der Waals surface area contributed by atoms with Crippen molar-refractivity contribution in [1.82, 2.24) is 21.3 Å². The van der Waals surface area contributed by atoms with Gasteiger partial charge in [0, 0.05) is 11.5 Å². The molecule has 2 aromatic rings. The first-order valence-corrected chi connectivity index (χ1v) is 25.2. The van der Waals surface area contributed by atoms with Crippen molar-refractivity contribution in [3.05, 3.63) is 94.1 Å². The Kier molecular flexibility index (Phi) is 20.4. The van der Waals surface area contributed by atoms with Gasteiger partial charge in [-0.1, -0.05) is 72.7 Å². The highest BCUT2D eigenvalue weighted by molar-refractivity contribution is 5.69. The fourth-order valence-corrected chi connectivity index (χ4v) is 9.58. The standard InChI is InChI=1S/C50H69N7O19/c1-26-19-29(15-16-30(59)20-52-47(64)76-50(2,3)4)36(60)42(39(26)72-43-32(18-17-31(69-43)21-54-57-51)55-48(65)67-24-27-11-7-5-8-12-27)74-45-38(62)41(34(23-58)71-45)73-44-35(37(61)40-33(70-44)22-53-46(63)75-40)56-49(66)68-25-28-13-9-6-10-14-28/h5-14,17,26,29-30,32-45,58-62H,15-16,18-25H2,1-4H3,(H,52,64)(H,53,63)(H,55,65)(H,56,66)/t26-,29+,30?,32+,33-,34+,35+,36-,37+,38+,39+,40+,41+,42+,43+,44+,45-/m0/s1. The summed E-state index contributed by atoms with van der Waals surface area (Å²) in [6.45, 7) is 5.53. The minimum atomic E-state index is -1.77. The Hall–Kier alpha value is -6.03. The Morgan fingerprint density at radius 3 is 2.13 bits per heavy atom. The normalized spacial score (nSPS) is 32.5. The van der Waals surface area contributed by atoms with Crippen molar-refractivity contribution in [2.45, 2.75) is 164 Å². The monoisotopic (exact) mass is 1070 g/mol. The van der Waals surface area contributed by atoms with Crippen molar-refractivity contribution < 1.29 is 92.1 Å². The van der Waals surface area contributed by atoms with Crippen LogP contribution in [0.4, 0.5) is 19.2 Å². The maximum atomic E-state index is 13.2. The Morgan fingerprint density at radius 2 is 1.49 bits per heavy atom. The van der Waals surface area contributed by atoms with Gasteiger partial charge in [-0.25, -0.2) is 19.2 Å². The van der Waals surface area contributed by atoms with E-state index < -0.39 is 140 Å². The Balaban J connectivity index is 1.10. The van der Waals surface area contributed by atoms with E-state index >= 15 is 0 Å². The van der Waals surface area contributed by atoms with Crippen LogP contribution in [0.1, 0.15) is 64.5 Å². The molecule has 0 bridgehead atoms. The Bertz CT molecular complexity index is 2310. The highest BCUT2D eigenvalue weighted by Crippen LogP contribution is 2.40. The van der Waals surface area contributed by atoms with Gasteiger partial charge in [-0.2, -0.15) is 0 Å². The highest BCUT2D eigenvalue weighted by Gasteiger charge is 2.56. The summed E-state index contributed by atoms with van der Waals surface area (Å²) in [4.78, 5) is 53.8. The summed E-state index contributed by atoms with van der Waals surface area (Å²) in [7, 11) is 0. The number of carbonyl (C=O) groups excluding carboxylic acids is 4. The minimum Gasteiger partial charge on any atom is -0.467 e. The second-order valence-corrected chi connectivity index (χ2v) is 20.2. The van der Waals surface area contributed by atoms with Crippen LogP contribution in [-0.4, -0.2) is 174 Å². The molecule has 4 amide bonds. The first-order valence-electron chi connectivity index (χ1n) is 25.2. The quantitative estimate of drug-likeness (QED) is 0.0398. The van der Waals surface area contributed by atoms with Crippen LogP contribution in [0.25, 0.3) is 10.4 Å². The zero-order valence-corrected chi connectivity index (χ0v) is 42.5. The summed E-state index contributed by atoms with van der Waals surface area (Å²) in [6, 6.07) is 15.4. The van der Waals surface area contributed by atoms with Crippen LogP contribution in [-0.2, 0) is 60.6 Å². The number of hydrogen-bond donors (Lipinski definition) is 9. The van der Waals surface area contributed by atoms with E-state index in [2.05, 4.69) is 31.3 Å². The number of alkyl carbamates (subject to hydrolysis) is 4. The maximum Gasteiger partial charge on any atom is 0.407 e. The van der Waals surface area contributed by atoms with E-state index in [-0.39, 0.29) is 64.3 Å². The first kappa shape index (κ1) is 57.7. The summed E-state index contributed by atoms with van der Waals surface area (Å²) in [6.07, 6.45) is -19.0. The van der Waals surface area contributed by atoms with Gasteiger partial charge in [0.1, 0.15) is 67.2 Å². The first-order chi connectivity index (χ1) is 36.4. The molecule has 76 heavy (non-hydrogen) atoms. The smallest absolute Gasteiger partial charge is 0.407 e. The summed E-state index contributed by atoms with van der Waals surface area (Å²) in [5.74, 6) is -0.860. The lowest BCUT2D eigenvalue weighted by Crippen LogP contribution is -2.69. The Morgan fingerprint density at radius 1 is 0.842 bits per heavy atom. The van der Waals surface area contributed by atoms with E-state index in [0.717, 1.165) is 5.56 Å². The van der Waals surface area contributed by atoms with E-state index in [9.17, 15) is 44.7 Å². The lowest BCUT2D eigenvalue weighted by Gasteiger charge is -2.47. The van der Waals surface area contributed by atoms with E-state index in [1.807, 2.05) is 13.0 Å². The number of amides is 4. The van der Waals surface area contributed by atoms with Crippen molar-refractivity contribution in [3.8, 4) is 0 Å². The van der Waals surface area contributed by atoms with E-state index in [0.29, 0.717) is 5.56 Å². The molecule has 26 nitrogen and oxygen atoms in total. The fourth-order valence-electron chi connectivity index (χ4n) is 9.58. The minimum absolute atomic E-state index is 0.0401. The molecule has 1 saturated carbocycles. The SMILES string of the molecule is C[C@H]1C[C@@H](CCC(O)CNC(=O)OC(C)(C)C)[C@H](O)[C@@H](O[C@@H]2O[C@H](CO)[C@@H](O[C@H]3O[C@H]4CNC(=O)O[C@H]4[C@H](O)[C@H]3NC(=O)OCc3ccccc3)[C@H]2O)[C@@H]1O[C@H]1OC(CN=[N+]=[N-])=CC[C@H]1NC(=O)OCc1ccccc1. The van der Waals surface area contributed by atoms with E-state index in [1.54, 1.807) is 81.4 Å². The molecular weight excluding hydrogens is 1000 g/mol. The van der Waals surface area contributed by atoms with Crippen LogP contribution in [0, 0.1) is 11.8 Å². The van der Waals surface area contributed by atoms with Gasteiger partial charge in [0.05, 0.1) is 44.1 Å². The molecule has 0 aromatic heterocycles. The molecule has 2 aromatic carbocycles. The Labute approximate surface area is 438 Å². The molecule has 9 N–H and O–H groups in total. The summed E-state index contributed by atoms with van der Waals surface area (Å²) < 4.78 is 59.4. The number of azide groups is 1. The third-order valence-corrected chi connectivity index (χ3v) is 13.3. The number of fused-ring (bicyclic) bond motifs is 1. The number of aliphatic hydroxyl groups excluding tert-OH is 5. The van der Waals surface area contributed by atoms with Gasteiger partial charge < -0.3 is 94.2 Å². The molecule has 0 radical (unpaired) electrons. The molecule has 3 saturated heterocycles. The largest absolute Gasteiger partial charge is 0.467 e. The second kappa shape index (κ2) is 26.8. The van der Waals surface area contributed by atoms with Gasteiger partial charge in [-0.15, -0.1) is 0 Å². The summed E-state index contributed by atoms with van der Waals surface area (Å²) in [5, 5.41) is 71.5. The molecule has 7 rings (SSSR count). The molecular formula is C50H69N7O19. The van der Waals surface area contributed by atoms with Gasteiger partial charge in [-0.3, -0.25) is 0 Å². The van der Waals surface area contributed by atoms with Gasteiger partial charge in [0.2, 0.25) is 6.29 Å². The van der Waals surface area contributed by atoms with Crippen LogP contribution >= 0.6 is 0 Å². The number of aliphatic hydroxyl groups is 5. The second-order valence-electron chi connectivity index (χ2n) is 20.2. The van der Waals surface area contributed by atoms with Gasteiger partial charge in [0.15, 0.2) is 18.7 Å². The van der Waals surface area contributed by atoms with E-state index in [1.165, 1.54) is 0 Å². The van der Waals surface area contributed by atoms with Crippen molar-refractivity contribution in [1.29, 1.82) is 0 Å². The summed E-state index contributed by atoms with van der Waals surface area (Å²) >= 11 is 0. The van der Waals surface area contributed by atoms with Gasteiger partial charge in [0.25, 0.3) is 0 Å². The average molecular weight is 1070 g/mol. The summed E-state index contributed by atoms with van der Waals surface area (Å²) in [5.41, 5.74) is 9.72. The molecule has 1 unspecified atom stereocenters. The van der Waals surface area contributed by atoms with Crippen molar-refractivity contribution in [3.63, 3.8) is 0 Å². The van der Waals surface area contributed by atoms with E-state index in [4.69, 9.17) is 52.9 Å². The third-order valence-electron chi connectivity index (χ3n) is 13.3. The van der Waals surface area contributed by atoms with Crippen LogP contribution in [0.5, 0.6) is 0 Å². The predicted molar refractivity (Wildman–Crippen MR) is 261 cm³/mol. The lowest BCUT2D eigenvalue weighted by molar-refractivity contribution is -0.291. The lowest BCUT2D eigenvalue weighted by atomic mass is 9.74. The number of hydrogen-bond acceptors (Lipinski definition) is 20. The molecule has 4 heterocycles. The molecule has 26 heteroatoms. The number of ether oxygens (including phenoxy) is 10. The van der Waals surface area contributed by atoms with Crippen LogP contribution in [0.3, 0.4) is 0 Å². The maximum absolute atomic E-state index is 13.2. The molecule has 418 valence electrons. The van der Waals surface area contributed by atoms with Crippen LogP contribution < -0.4 is 21.3 Å². The van der Waals surface area contributed by atoms with Crippen molar-refractivity contribution in [2.24, 2.45) is 17.0 Å². The molecule has 4 fully saturated rings. The number of carbonyl (C=O) groups is 4. The predicted octanol–water partition coefficient (Wildman–Crippen LogP) is 2.63. The number of nitrogens with one attached hydrogen (secondary N) is 4. The molecule has 17 atom stereocenters. The third kappa shape index (κ3) is 15.8. The van der Waals surface area contributed by atoms with Crippen LogP contribution in [0.2, 0.25) is 0 Å². The van der Waals surface area contributed by atoms with Crippen LogP contribution in [0.15, 0.2) is 77.6 Å². The molecule has 1 aliphatic carbocycles. The molecule has 0 spiro atoms. The fraction of sp³-hybridized carbons (Fsp3) is 0.640. The van der Waals surface area contributed by atoms with Crippen molar-refractivity contribution in [2.75, 3.05) is 26.2 Å². The molecule has 4 aliphatic heterocycles. The van der Waals surface area contributed by atoms with Gasteiger partial charge in [-0.05, 0) is 81.0 Å². The number of nitrogens with zero attached hydrogens (tertiary/aromatic N) is 3. The average Bonchev–Trinajstić information content (AvgIpc) is 3.70. The topological polar surface area (TPSA) is 359 Å².